The number of benzene rings is 1. The van der Waals surface area contributed by atoms with Crippen molar-refractivity contribution in [3.05, 3.63) is 48.1 Å². The minimum atomic E-state index is -0.538. The van der Waals surface area contributed by atoms with E-state index in [0.717, 1.165) is 41.7 Å². The van der Waals surface area contributed by atoms with Crippen LogP contribution in [0.25, 0.3) is 10.2 Å². The van der Waals surface area contributed by atoms with Crippen molar-refractivity contribution in [2.24, 2.45) is 0 Å². The van der Waals surface area contributed by atoms with Gasteiger partial charge in [0.1, 0.15) is 12.4 Å². The molecular weight excluding hydrogens is 445 g/mol. The maximum Gasteiger partial charge on any atom is 0.243 e. The minimum Gasteiger partial charge on any atom is -0.488 e. The quantitative estimate of drug-likeness (QED) is 0.350. The van der Waals surface area contributed by atoms with Crippen LogP contribution in [0.15, 0.2) is 42.3 Å². The molecule has 8 nitrogen and oxygen atoms in total. The van der Waals surface area contributed by atoms with Crippen molar-refractivity contribution in [2.45, 2.75) is 37.8 Å². The Labute approximate surface area is 194 Å². The Morgan fingerprint density at radius 1 is 1.24 bits per heavy atom. The molecule has 174 valence electrons. The number of carbonyl (C=O) groups excluding carboxylic acids is 1. The van der Waals surface area contributed by atoms with Crippen LogP contribution >= 0.6 is 11.3 Å². The van der Waals surface area contributed by atoms with Crippen LogP contribution in [0.3, 0.4) is 0 Å². The van der Waals surface area contributed by atoms with Crippen LogP contribution in [0.1, 0.15) is 25.7 Å². The Morgan fingerprint density at radius 2 is 2.03 bits per heavy atom. The number of fused-ring (bicyclic) bond motifs is 1. The summed E-state index contributed by atoms with van der Waals surface area (Å²) in [5.74, 6) is 0.496. The van der Waals surface area contributed by atoms with Crippen LogP contribution < -0.4 is 20.7 Å². The maximum absolute atomic E-state index is 14.3. The molecule has 0 bridgehead atoms. The molecule has 1 aliphatic carbocycles. The summed E-state index contributed by atoms with van der Waals surface area (Å²) in [5, 5.41) is 20.4. The van der Waals surface area contributed by atoms with E-state index >= 15 is 0 Å². The predicted octanol–water partition coefficient (Wildman–Crippen LogP) is 3.97. The van der Waals surface area contributed by atoms with E-state index in [1.165, 1.54) is 18.2 Å². The monoisotopic (exact) mass is 471 g/mol. The summed E-state index contributed by atoms with van der Waals surface area (Å²) in [4.78, 5) is 20.7. The molecule has 3 aromatic rings. The number of hydrogen-bond donors (Lipinski definition) is 4. The molecule has 0 saturated heterocycles. The number of carbonyl (C=O) groups is 1. The third-order valence-corrected chi connectivity index (χ3v) is 6.35. The Bertz CT molecular complexity index is 1130. The van der Waals surface area contributed by atoms with Crippen molar-refractivity contribution in [1.82, 2.24) is 15.3 Å². The molecule has 0 atom stereocenters. The smallest absolute Gasteiger partial charge is 0.243 e. The summed E-state index contributed by atoms with van der Waals surface area (Å²) in [7, 11) is 0. The highest BCUT2D eigenvalue weighted by atomic mass is 32.1. The molecule has 1 saturated carbocycles. The average Bonchev–Trinajstić information content (AvgIpc) is 3.29. The van der Waals surface area contributed by atoms with Crippen LogP contribution in [-0.2, 0) is 4.79 Å². The second kappa shape index (κ2) is 10.6. The number of amides is 1. The summed E-state index contributed by atoms with van der Waals surface area (Å²) in [6.45, 7) is 3.34. The summed E-state index contributed by atoms with van der Waals surface area (Å²) in [6, 6.07) is 6.79. The number of nitrogens with one attached hydrogen (secondary N) is 3. The normalized spacial score (nSPS) is 18.0. The molecule has 2 heterocycles. The zero-order valence-corrected chi connectivity index (χ0v) is 18.8. The molecule has 4 rings (SSSR count). The largest absolute Gasteiger partial charge is 0.488 e. The number of aliphatic hydroxyl groups excluding tert-OH is 1. The summed E-state index contributed by atoms with van der Waals surface area (Å²) in [5.41, 5.74) is 1.29. The van der Waals surface area contributed by atoms with Gasteiger partial charge in [0.2, 0.25) is 11.9 Å². The average molecular weight is 472 g/mol. The van der Waals surface area contributed by atoms with E-state index in [9.17, 15) is 9.18 Å². The molecule has 0 radical (unpaired) electrons. The highest BCUT2D eigenvalue weighted by Crippen LogP contribution is 2.31. The van der Waals surface area contributed by atoms with Gasteiger partial charge in [0, 0.05) is 23.8 Å². The summed E-state index contributed by atoms with van der Waals surface area (Å²) >= 11 is 1.56. The van der Waals surface area contributed by atoms with Gasteiger partial charge in [-0.15, -0.1) is 11.3 Å². The Hall–Kier alpha value is -3.24. The number of anilines is 3. The minimum absolute atomic E-state index is 0.0270. The number of aromatic nitrogens is 2. The van der Waals surface area contributed by atoms with Gasteiger partial charge in [0.15, 0.2) is 11.6 Å². The topological polar surface area (TPSA) is 108 Å². The van der Waals surface area contributed by atoms with Crippen molar-refractivity contribution in [2.75, 3.05) is 23.8 Å². The lowest BCUT2D eigenvalue weighted by atomic mass is 9.91. The fourth-order valence-corrected chi connectivity index (χ4v) is 4.62. The Morgan fingerprint density at radius 3 is 2.76 bits per heavy atom. The number of nitrogens with zero attached hydrogens (tertiary/aromatic N) is 2. The number of aliphatic hydroxyl groups is 1. The van der Waals surface area contributed by atoms with Gasteiger partial charge in [-0.2, -0.15) is 4.98 Å². The number of halogens is 1. The third kappa shape index (κ3) is 5.77. The van der Waals surface area contributed by atoms with Crippen LogP contribution in [0.5, 0.6) is 5.75 Å². The highest BCUT2D eigenvalue weighted by molar-refractivity contribution is 7.17. The van der Waals surface area contributed by atoms with Crippen molar-refractivity contribution in [1.29, 1.82) is 0 Å². The zero-order chi connectivity index (χ0) is 23.2. The van der Waals surface area contributed by atoms with E-state index in [4.69, 9.17) is 9.84 Å². The van der Waals surface area contributed by atoms with Gasteiger partial charge < -0.3 is 25.8 Å². The molecule has 1 amide bonds. The molecule has 0 unspecified atom stereocenters. The van der Waals surface area contributed by atoms with E-state index in [0.29, 0.717) is 11.6 Å². The van der Waals surface area contributed by atoms with Crippen LogP contribution in [0.2, 0.25) is 0 Å². The van der Waals surface area contributed by atoms with Crippen LogP contribution in [0.4, 0.5) is 21.8 Å². The lowest BCUT2D eigenvalue weighted by Gasteiger charge is -2.29. The van der Waals surface area contributed by atoms with E-state index < -0.39 is 5.82 Å². The SMILES string of the molecule is C=CC(=O)N[C@H]1CC[C@@H](Nc2nc(Nc3ccc(OCCO)c(F)c3)nc3ccsc23)CC1. The molecule has 4 N–H and O–H groups in total. The van der Waals surface area contributed by atoms with Gasteiger partial charge in [0.25, 0.3) is 0 Å². The van der Waals surface area contributed by atoms with Gasteiger partial charge in [-0.1, -0.05) is 6.58 Å². The van der Waals surface area contributed by atoms with Crippen molar-refractivity contribution in [3.63, 3.8) is 0 Å². The Balaban J connectivity index is 1.46. The fourth-order valence-electron chi connectivity index (χ4n) is 3.83. The lowest BCUT2D eigenvalue weighted by molar-refractivity contribution is -0.117. The van der Waals surface area contributed by atoms with E-state index in [-0.39, 0.29) is 37.0 Å². The molecular formula is C23H26FN5O3S. The van der Waals surface area contributed by atoms with Crippen LogP contribution in [0, 0.1) is 5.82 Å². The molecule has 1 fully saturated rings. The summed E-state index contributed by atoms with van der Waals surface area (Å²) in [6.07, 6.45) is 4.87. The second-order valence-corrected chi connectivity index (χ2v) is 8.69. The van der Waals surface area contributed by atoms with Gasteiger partial charge >= 0.3 is 0 Å². The van der Waals surface area contributed by atoms with Gasteiger partial charge in [-0.25, -0.2) is 9.37 Å². The number of ether oxygens (including phenoxy) is 1. The van der Waals surface area contributed by atoms with E-state index in [2.05, 4.69) is 32.5 Å². The first-order valence-electron chi connectivity index (χ1n) is 10.8. The number of hydrogen-bond acceptors (Lipinski definition) is 8. The number of thiophene rings is 1. The fraction of sp³-hybridized carbons (Fsp3) is 0.348. The molecule has 2 aromatic heterocycles. The van der Waals surface area contributed by atoms with E-state index in [1.54, 1.807) is 17.4 Å². The zero-order valence-electron chi connectivity index (χ0n) is 18.0. The number of rotatable bonds is 9. The molecule has 1 aromatic carbocycles. The maximum atomic E-state index is 14.3. The first-order valence-corrected chi connectivity index (χ1v) is 11.7. The summed E-state index contributed by atoms with van der Waals surface area (Å²) < 4.78 is 20.4. The molecule has 0 aliphatic heterocycles. The van der Waals surface area contributed by atoms with E-state index in [1.807, 2.05) is 11.4 Å². The molecule has 33 heavy (non-hydrogen) atoms. The third-order valence-electron chi connectivity index (χ3n) is 5.44. The van der Waals surface area contributed by atoms with Crippen molar-refractivity contribution < 1.29 is 19.0 Å². The van der Waals surface area contributed by atoms with Crippen molar-refractivity contribution >= 4 is 44.9 Å². The Kier molecular flexibility index (Phi) is 7.36. The molecule has 0 spiro atoms. The molecule has 10 heteroatoms. The van der Waals surface area contributed by atoms with Crippen LogP contribution in [-0.4, -0.2) is 46.3 Å². The first kappa shape index (κ1) is 22.9. The predicted molar refractivity (Wildman–Crippen MR) is 128 cm³/mol. The second-order valence-electron chi connectivity index (χ2n) is 7.78. The highest BCUT2D eigenvalue weighted by Gasteiger charge is 2.23. The first-order chi connectivity index (χ1) is 16.1. The van der Waals surface area contributed by atoms with Gasteiger partial charge in [-0.3, -0.25) is 4.79 Å². The standard InChI is InChI=1S/C23H26FN5O3S/c1-2-20(31)25-14-3-5-15(6-4-14)26-22-21-18(9-12-33-21)28-23(29-22)27-16-7-8-19(17(24)13-16)32-11-10-30/h2,7-9,12-15,30H,1,3-6,10-11H2,(H,25,31)(H2,26,27,28,29)/t14-,15+. The van der Waals surface area contributed by atoms with Crippen molar-refractivity contribution in [3.8, 4) is 5.75 Å². The molecule has 1 aliphatic rings. The van der Waals surface area contributed by atoms with Gasteiger partial charge in [-0.05, 0) is 55.3 Å². The van der Waals surface area contributed by atoms with Gasteiger partial charge in [0.05, 0.1) is 16.8 Å². The lowest BCUT2D eigenvalue weighted by Crippen LogP contribution is -2.39.